The van der Waals surface area contributed by atoms with Gasteiger partial charge in [0, 0.05) is 12.1 Å². The fourth-order valence-electron chi connectivity index (χ4n) is 1.06. The third kappa shape index (κ3) is 4.05. The minimum absolute atomic E-state index is 0.000128. The van der Waals surface area contributed by atoms with Crippen molar-refractivity contribution in [3.05, 3.63) is 39.9 Å². The summed E-state index contributed by atoms with van der Waals surface area (Å²) in [5.74, 6) is 0. The van der Waals surface area contributed by atoms with Gasteiger partial charge in [-0.3, -0.25) is 14.3 Å². The van der Waals surface area contributed by atoms with Gasteiger partial charge in [0.2, 0.25) is 0 Å². The van der Waals surface area contributed by atoms with Crippen LogP contribution in [0.4, 0.5) is 5.69 Å². The molecule has 0 unspecified atom stereocenters. The standard InChI is InChI=1S/C8H9NO5S/c10-9(11)8-3-1-2-7(6-8)4-5-14-15(12)13/h1-3,6,15H,4-5H2. The molecule has 0 saturated carbocycles. The predicted molar refractivity (Wildman–Crippen MR) is 53.1 cm³/mol. The van der Waals surface area contributed by atoms with Crippen molar-refractivity contribution in [2.24, 2.45) is 0 Å². The van der Waals surface area contributed by atoms with Crippen molar-refractivity contribution in [3.63, 3.8) is 0 Å². The lowest BCUT2D eigenvalue weighted by molar-refractivity contribution is -0.384. The van der Waals surface area contributed by atoms with Gasteiger partial charge in [-0.05, 0) is 12.0 Å². The van der Waals surface area contributed by atoms with Gasteiger partial charge >= 0.3 is 0 Å². The molecule has 0 N–H and O–H groups in total. The lowest BCUT2D eigenvalue weighted by atomic mass is 10.1. The van der Waals surface area contributed by atoms with Gasteiger partial charge in [-0.25, -0.2) is 8.42 Å². The Hall–Kier alpha value is -1.47. The summed E-state index contributed by atoms with van der Waals surface area (Å²) in [7, 11) is -2.85. The molecule has 82 valence electrons. The first-order chi connectivity index (χ1) is 7.09. The molecule has 0 heterocycles. The second kappa shape index (κ2) is 5.42. The molecule has 15 heavy (non-hydrogen) atoms. The van der Waals surface area contributed by atoms with Crippen LogP contribution >= 0.6 is 0 Å². The zero-order chi connectivity index (χ0) is 11.3. The number of hydrogen-bond donors (Lipinski definition) is 1. The maximum atomic E-state index is 10.4. The quantitative estimate of drug-likeness (QED) is 0.457. The van der Waals surface area contributed by atoms with Gasteiger partial charge in [-0.1, -0.05) is 12.1 Å². The second-order valence-corrected chi connectivity index (χ2v) is 3.44. The molecule has 1 rings (SSSR count). The van der Waals surface area contributed by atoms with E-state index in [0.29, 0.717) is 12.0 Å². The number of nitrogens with zero attached hydrogens (tertiary/aromatic N) is 1. The summed E-state index contributed by atoms with van der Waals surface area (Å²) < 4.78 is 24.5. The number of nitro benzene ring substituents is 1. The number of benzene rings is 1. The van der Waals surface area contributed by atoms with Crippen molar-refractivity contribution >= 4 is 16.7 Å². The van der Waals surface area contributed by atoms with Crippen molar-refractivity contribution in [1.29, 1.82) is 0 Å². The molecule has 0 spiro atoms. The topological polar surface area (TPSA) is 86.5 Å². The van der Waals surface area contributed by atoms with E-state index in [9.17, 15) is 18.5 Å². The Morgan fingerprint density at radius 1 is 1.40 bits per heavy atom. The van der Waals surface area contributed by atoms with E-state index in [-0.39, 0.29) is 12.3 Å². The minimum Gasteiger partial charge on any atom is -0.272 e. The summed E-state index contributed by atoms with van der Waals surface area (Å²) in [6, 6.07) is 5.98. The number of nitro groups is 1. The molecule has 1 aromatic carbocycles. The number of non-ortho nitro benzene ring substituents is 1. The monoisotopic (exact) mass is 231 g/mol. The van der Waals surface area contributed by atoms with Crippen LogP contribution in [0.5, 0.6) is 0 Å². The summed E-state index contributed by atoms with van der Waals surface area (Å²) in [5.41, 5.74) is 0.653. The third-order valence-electron chi connectivity index (χ3n) is 1.71. The predicted octanol–water partition coefficient (Wildman–Crippen LogP) is 0.680. The van der Waals surface area contributed by atoms with Gasteiger partial charge in [0.15, 0.2) is 0 Å². The van der Waals surface area contributed by atoms with E-state index < -0.39 is 15.9 Å². The van der Waals surface area contributed by atoms with Crippen LogP contribution in [0.15, 0.2) is 24.3 Å². The molecule has 0 aromatic heterocycles. The first kappa shape index (κ1) is 11.6. The smallest absolute Gasteiger partial charge is 0.269 e. The molecule has 0 aliphatic heterocycles. The molecule has 1 aromatic rings. The first-order valence-corrected chi connectivity index (χ1v) is 5.20. The van der Waals surface area contributed by atoms with E-state index in [1.807, 2.05) is 0 Å². The van der Waals surface area contributed by atoms with E-state index in [4.69, 9.17) is 0 Å². The highest BCUT2D eigenvalue weighted by Gasteiger charge is 2.05. The SMILES string of the molecule is O=[N+]([O-])c1cccc(CCO[SH](=O)=O)c1. The number of hydrogen-bond acceptors (Lipinski definition) is 5. The highest BCUT2D eigenvalue weighted by atomic mass is 32.2. The molecule has 7 heteroatoms. The number of rotatable bonds is 5. The van der Waals surface area contributed by atoms with Crippen LogP contribution in [-0.2, 0) is 21.6 Å². The summed E-state index contributed by atoms with van der Waals surface area (Å²) in [6.45, 7) is -0.000128. The zero-order valence-corrected chi connectivity index (χ0v) is 8.55. The average molecular weight is 231 g/mol. The van der Waals surface area contributed by atoms with Crippen LogP contribution < -0.4 is 0 Å². The summed E-state index contributed by atoms with van der Waals surface area (Å²) in [4.78, 5) is 9.91. The second-order valence-electron chi connectivity index (χ2n) is 2.73. The van der Waals surface area contributed by atoms with Crippen LogP contribution in [0, 0.1) is 10.1 Å². The molecular formula is C8H9NO5S. The maximum Gasteiger partial charge on any atom is 0.269 e. The van der Waals surface area contributed by atoms with Gasteiger partial charge < -0.3 is 0 Å². The molecule has 0 radical (unpaired) electrons. The molecule has 0 amide bonds. The average Bonchev–Trinajstić information content (AvgIpc) is 2.17. The van der Waals surface area contributed by atoms with E-state index in [1.54, 1.807) is 12.1 Å². The van der Waals surface area contributed by atoms with Crippen LogP contribution in [0.3, 0.4) is 0 Å². The number of thiol groups is 1. The van der Waals surface area contributed by atoms with Crippen LogP contribution in [0.1, 0.15) is 5.56 Å². The molecule has 0 aliphatic rings. The van der Waals surface area contributed by atoms with Crippen molar-refractivity contribution in [1.82, 2.24) is 0 Å². The fraction of sp³-hybridized carbons (Fsp3) is 0.250. The lowest BCUT2D eigenvalue weighted by Crippen LogP contribution is -1.97. The fourth-order valence-corrected chi connectivity index (χ4v) is 1.30. The highest BCUT2D eigenvalue weighted by molar-refractivity contribution is 7.67. The Morgan fingerprint density at radius 2 is 2.13 bits per heavy atom. The van der Waals surface area contributed by atoms with Gasteiger partial charge in [-0.15, -0.1) is 0 Å². The summed E-state index contributed by atoms with van der Waals surface area (Å²) in [6.07, 6.45) is 0.324. The van der Waals surface area contributed by atoms with Crippen molar-refractivity contribution < 1.29 is 17.5 Å². The Kier molecular flexibility index (Phi) is 4.19. The van der Waals surface area contributed by atoms with Crippen molar-refractivity contribution in [3.8, 4) is 0 Å². The van der Waals surface area contributed by atoms with Gasteiger partial charge in [-0.2, -0.15) is 0 Å². The highest BCUT2D eigenvalue weighted by Crippen LogP contribution is 2.13. The van der Waals surface area contributed by atoms with Crippen LogP contribution in [0.25, 0.3) is 0 Å². The van der Waals surface area contributed by atoms with Gasteiger partial charge in [0.1, 0.15) is 0 Å². The summed E-state index contributed by atoms with van der Waals surface area (Å²) in [5, 5.41) is 10.4. The van der Waals surface area contributed by atoms with E-state index in [2.05, 4.69) is 4.18 Å². The summed E-state index contributed by atoms with van der Waals surface area (Å²) >= 11 is 0. The third-order valence-corrected chi connectivity index (χ3v) is 2.10. The van der Waals surface area contributed by atoms with Crippen molar-refractivity contribution in [2.45, 2.75) is 6.42 Å². The van der Waals surface area contributed by atoms with Crippen LogP contribution in [-0.4, -0.2) is 19.9 Å². The Morgan fingerprint density at radius 3 is 2.73 bits per heavy atom. The lowest BCUT2D eigenvalue weighted by Gasteiger charge is -1.98. The maximum absolute atomic E-state index is 10.4. The Bertz CT molecular complexity index is 421. The molecule has 0 bridgehead atoms. The van der Waals surface area contributed by atoms with Crippen molar-refractivity contribution in [2.75, 3.05) is 6.61 Å². The van der Waals surface area contributed by atoms with E-state index in [1.165, 1.54) is 12.1 Å². The normalized spacial score (nSPS) is 10.5. The van der Waals surface area contributed by atoms with Gasteiger partial charge in [0.25, 0.3) is 16.7 Å². The first-order valence-electron chi connectivity index (χ1n) is 4.10. The van der Waals surface area contributed by atoms with E-state index in [0.717, 1.165) is 0 Å². The van der Waals surface area contributed by atoms with E-state index >= 15 is 0 Å². The molecular weight excluding hydrogens is 222 g/mol. The van der Waals surface area contributed by atoms with Gasteiger partial charge in [0.05, 0.1) is 11.5 Å². The van der Waals surface area contributed by atoms with Crippen LogP contribution in [0.2, 0.25) is 0 Å². The molecule has 0 aliphatic carbocycles. The molecule has 0 fully saturated rings. The largest absolute Gasteiger partial charge is 0.272 e. The Balaban J connectivity index is 2.61. The molecule has 0 saturated heterocycles. The zero-order valence-electron chi connectivity index (χ0n) is 7.66. The molecule has 0 atom stereocenters. The Labute approximate surface area is 87.8 Å². The molecule has 6 nitrogen and oxygen atoms in total. The minimum atomic E-state index is -2.85.